The fourth-order valence-electron chi connectivity index (χ4n) is 5.86. The van der Waals surface area contributed by atoms with Crippen molar-refractivity contribution in [2.75, 3.05) is 38.8 Å². The molecule has 0 radical (unpaired) electrons. The number of hydrogen-bond acceptors (Lipinski definition) is 5. The molecule has 2 heterocycles. The van der Waals surface area contributed by atoms with Crippen molar-refractivity contribution in [1.82, 2.24) is 0 Å². The second-order valence-corrected chi connectivity index (χ2v) is 10.0. The van der Waals surface area contributed by atoms with Gasteiger partial charge in [-0.3, -0.25) is 0 Å². The van der Waals surface area contributed by atoms with Crippen LogP contribution in [-0.4, -0.2) is 45.3 Å². The van der Waals surface area contributed by atoms with Crippen LogP contribution < -0.4 is 9.64 Å². The van der Waals surface area contributed by atoms with Crippen molar-refractivity contribution in [3.63, 3.8) is 0 Å². The number of aryl methyl sites for hydroxylation is 1. The number of benzene rings is 3. The molecule has 2 aliphatic rings. The van der Waals surface area contributed by atoms with Gasteiger partial charge in [0.05, 0.1) is 12.3 Å². The highest BCUT2D eigenvalue weighted by Gasteiger charge is 2.35. The van der Waals surface area contributed by atoms with Crippen molar-refractivity contribution in [1.29, 1.82) is 0 Å². The molecule has 0 bridgehead atoms. The molecule has 0 spiro atoms. The minimum Gasteiger partial charge on any atom is -0.508 e. The Morgan fingerprint density at radius 3 is 2.32 bits per heavy atom. The molecule has 5 nitrogen and oxygen atoms in total. The van der Waals surface area contributed by atoms with Crippen LogP contribution in [0.4, 0.5) is 14.5 Å². The number of fused-ring (bicyclic) bond motifs is 1. The van der Waals surface area contributed by atoms with Crippen LogP contribution in [0.3, 0.4) is 0 Å². The number of aromatic hydroxyl groups is 1. The number of piperidine rings is 1. The summed E-state index contributed by atoms with van der Waals surface area (Å²) in [5, 5.41) is 10.0. The third kappa shape index (κ3) is 5.03. The first-order valence-corrected chi connectivity index (χ1v) is 12.7. The first kappa shape index (κ1) is 25.5. The summed E-state index contributed by atoms with van der Waals surface area (Å²) in [6, 6.07) is 15.6. The van der Waals surface area contributed by atoms with Gasteiger partial charge in [-0.2, -0.15) is 0 Å². The summed E-state index contributed by atoms with van der Waals surface area (Å²) in [6.45, 7) is 3.52. The summed E-state index contributed by atoms with van der Waals surface area (Å²) in [6.07, 6.45) is 1.47. The second-order valence-electron chi connectivity index (χ2n) is 10.0. The average molecular weight is 510 g/mol. The summed E-state index contributed by atoms with van der Waals surface area (Å²) in [4.78, 5) is 2.08. The summed E-state index contributed by atoms with van der Waals surface area (Å²) < 4.78 is 46.5. The van der Waals surface area contributed by atoms with Crippen LogP contribution >= 0.6 is 0 Å². The molecule has 1 saturated heterocycles. The van der Waals surface area contributed by atoms with Gasteiger partial charge in [0.1, 0.15) is 23.1 Å². The number of rotatable bonds is 6. The van der Waals surface area contributed by atoms with Crippen molar-refractivity contribution < 1.29 is 28.1 Å². The Kier molecular flexibility index (Phi) is 7.36. The van der Waals surface area contributed by atoms with E-state index in [0.29, 0.717) is 23.6 Å². The maximum absolute atomic E-state index is 15.7. The number of nitrogens with zero attached hydrogens (tertiary/aromatic N) is 1. The van der Waals surface area contributed by atoms with E-state index in [1.54, 1.807) is 45.4 Å². The van der Waals surface area contributed by atoms with Crippen molar-refractivity contribution in [2.24, 2.45) is 5.92 Å². The lowest BCUT2D eigenvalue weighted by Crippen LogP contribution is -2.39. The number of methoxy groups -OCH3 is 2. The maximum atomic E-state index is 15.7. The fraction of sp³-hybridized carbons (Fsp3) is 0.400. The monoisotopic (exact) mass is 509 g/mol. The third-order valence-electron chi connectivity index (χ3n) is 7.82. The van der Waals surface area contributed by atoms with Crippen molar-refractivity contribution in [3.8, 4) is 11.5 Å². The summed E-state index contributed by atoms with van der Waals surface area (Å²) in [5.41, 5.74) is 3.76. The normalized spacial score (nSPS) is 20.1. The molecule has 1 unspecified atom stereocenters. The predicted octanol–water partition coefficient (Wildman–Crippen LogP) is 6.12. The Morgan fingerprint density at radius 2 is 1.65 bits per heavy atom. The molecule has 37 heavy (non-hydrogen) atoms. The molecule has 0 saturated carbocycles. The minimum absolute atomic E-state index is 0.114. The summed E-state index contributed by atoms with van der Waals surface area (Å²) >= 11 is 0. The van der Waals surface area contributed by atoms with E-state index in [-0.39, 0.29) is 41.4 Å². The van der Waals surface area contributed by atoms with Gasteiger partial charge in [-0.25, -0.2) is 8.78 Å². The van der Waals surface area contributed by atoms with Gasteiger partial charge in [-0.15, -0.1) is 0 Å². The first-order chi connectivity index (χ1) is 17.9. The molecule has 0 aliphatic carbocycles. The van der Waals surface area contributed by atoms with E-state index in [0.717, 1.165) is 42.6 Å². The molecule has 3 aromatic rings. The number of ether oxygens (including phenoxy) is 3. The van der Waals surface area contributed by atoms with Crippen LogP contribution in [0.5, 0.6) is 11.5 Å². The molecule has 196 valence electrons. The van der Waals surface area contributed by atoms with Gasteiger partial charge < -0.3 is 24.2 Å². The van der Waals surface area contributed by atoms with Gasteiger partial charge in [0, 0.05) is 56.7 Å². The summed E-state index contributed by atoms with van der Waals surface area (Å²) in [5.74, 6) is 0.0875. The lowest BCUT2D eigenvalue weighted by atomic mass is 9.75. The molecule has 1 fully saturated rings. The van der Waals surface area contributed by atoms with E-state index in [2.05, 4.69) is 4.90 Å². The lowest BCUT2D eigenvalue weighted by Gasteiger charge is -2.37. The standard InChI is InChI=1S/C30H33F2NO4/c1-18-14-20(4-8-25(18)31)24-17-37-28-16-22(34)6-7-23(28)29(24)21-5-9-27(26(32)15-21)33-12-10-19(11-13-33)30(35-2)36-3/h4-9,14-16,19,24,29-30,34H,10-13,17H2,1-3H3/t24-,29?/m1/s1. The van der Waals surface area contributed by atoms with Crippen LogP contribution in [0, 0.1) is 24.5 Å². The van der Waals surface area contributed by atoms with Crippen LogP contribution in [0.25, 0.3) is 0 Å². The second kappa shape index (κ2) is 10.7. The van der Waals surface area contributed by atoms with Gasteiger partial charge in [-0.05, 0) is 60.7 Å². The van der Waals surface area contributed by atoms with Gasteiger partial charge in [-0.1, -0.05) is 24.3 Å². The van der Waals surface area contributed by atoms with Gasteiger partial charge in [0.2, 0.25) is 0 Å². The van der Waals surface area contributed by atoms with E-state index in [1.807, 2.05) is 24.3 Å². The smallest absolute Gasteiger partial charge is 0.159 e. The molecule has 0 amide bonds. The van der Waals surface area contributed by atoms with Crippen LogP contribution in [0.1, 0.15) is 46.9 Å². The Balaban J connectivity index is 1.46. The highest BCUT2D eigenvalue weighted by atomic mass is 19.1. The highest BCUT2D eigenvalue weighted by molar-refractivity contribution is 5.55. The van der Waals surface area contributed by atoms with E-state index in [9.17, 15) is 9.50 Å². The number of phenolic OH excluding ortho intramolecular Hbond substituents is 1. The largest absolute Gasteiger partial charge is 0.508 e. The zero-order chi connectivity index (χ0) is 26.1. The van der Waals surface area contributed by atoms with E-state index < -0.39 is 0 Å². The SMILES string of the molecule is COC(OC)C1CCN(c2ccc(C3c4ccc(O)cc4OC[C@@H]3c3ccc(F)c(C)c3)cc2F)CC1. The molecule has 5 rings (SSSR count). The predicted molar refractivity (Wildman–Crippen MR) is 138 cm³/mol. The Morgan fingerprint density at radius 1 is 0.919 bits per heavy atom. The minimum atomic E-state index is -0.271. The molecular weight excluding hydrogens is 476 g/mol. The quantitative estimate of drug-likeness (QED) is 0.406. The zero-order valence-electron chi connectivity index (χ0n) is 21.4. The van der Waals surface area contributed by atoms with Crippen molar-refractivity contribution in [3.05, 3.63) is 88.5 Å². The average Bonchev–Trinajstić information content (AvgIpc) is 2.90. The maximum Gasteiger partial charge on any atom is 0.159 e. The van der Waals surface area contributed by atoms with Gasteiger partial charge >= 0.3 is 0 Å². The van der Waals surface area contributed by atoms with Crippen LogP contribution in [-0.2, 0) is 9.47 Å². The molecular formula is C30H33F2NO4. The number of hydrogen-bond donors (Lipinski definition) is 1. The van der Waals surface area contributed by atoms with Crippen LogP contribution in [0.15, 0.2) is 54.6 Å². The molecule has 3 aromatic carbocycles. The lowest BCUT2D eigenvalue weighted by molar-refractivity contribution is -0.141. The number of phenols is 1. The Labute approximate surface area is 216 Å². The summed E-state index contributed by atoms with van der Waals surface area (Å²) in [7, 11) is 3.30. The Bertz CT molecular complexity index is 1250. The molecule has 2 aliphatic heterocycles. The fourth-order valence-corrected chi connectivity index (χ4v) is 5.86. The van der Waals surface area contributed by atoms with Crippen LogP contribution in [0.2, 0.25) is 0 Å². The van der Waals surface area contributed by atoms with Gasteiger partial charge in [0.15, 0.2) is 6.29 Å². The van der Waals surface area contributed by atoms with E-state index in [1.165, 1.54) is 6.07 Å². The van der Waals surface area contributed by atoms with Crippen molar-refractivity contribution in [2.45, 2.75) is 37.9 Å². The zero-order valence-corrected chi connectivity index (χ0v) is 21.4. The van der Waals surface area contributed by atoms with Gasteiger partial charge in [0.25, 0.3) is 0 Å². The molecule has 2 atom stereocenters. The number of halogens is 2. The highest BCUT2D eigenvalue weighted by Crippen LogP contribution is 2.47. The first-order valence-electron chi connectivity index (χ1n) is 12.7. The van der Waals surface area contributed by atoms with E-state index in [4.69, 9.17) is 14.2 Å². The molecule has 0 aromatic heterocycles. The molecule has 1 N–H and O–H groups in total. The molecule has 7 heteroatoms. The Hall–Kier alpha value is -3.16. The van der Waals surface area contributed by atoms with E-state index >= 15 is 4.39 Å². The number of anilines is 1. The topological polar surface area (TPSA) is 51.2 Å². The van der Waals surface area contributed by atoms with Crippen molar-refractivity contribution >= 4 is 5.69 Å². The third-order valence-corrected chi connectivity index (χ3v) is 7.82.